The molecule has 3 aliphatic heterocycles. The molecule has 0 bridgehead atoms. The molecule has 0 aliphatic carbocycles. The van der Waals surface area contributed by atoms with Crippen molar-refractivity contribution in [2.24, 2.45) is 5.92 Å². The summed E-state index contributed by atoms with van der Waals surface area (Å²) in [5.74, 6) is 2.12. The first kappa shape index (κ1) is 15.1. The summed E-state index contributed by atoms with van der Waals surface area (Å²) in [6, 6.07) is 0.673. The molecule has 4 atom stereocenters. The minimum absolute atomic E-state index is 0.0515. The molecular formula is C16H29NO2S. The lowest BCUT2D eigenvalue weighted by molar-refractivity contribution is -0.103. The van der Waals surface area contributed by atoms with Crippen LogP contribution < -0.4 is 5.32 Å². The van der Waals surface area contributed by atoms with Crippen LogP contribution in [-0.4, -0.2) is 49.0 Å². The van der Waals surface area contributed by atoms with E-state index in [1.165, 1.54) is 37.9 Å². The van der Waals surface area contributed by atoms with E-state index in [9.17, 15) is 0 Å². The van der Waals surface area contributed by atoms with Crippen LogP contribution in [0.15, 0.2) is 0 Å². The Morgan fingerprint density at radius 3 is 2.95 bits per heavy atom. The maximum Gasteiger partial charge on any atom is 0.0939 e. The predicted molar refractivity (Wildman–Crippen MR) is 84.4 cm³/mol. The highest BCUT2D eigenvalue weighted by atomic mass is 32.2. The second kappa shape index (κ2) is 6.99. The summed E-state index contributed by atoms with van der Waals surface area (Å²) >= 11 is 2.20. The standard InChI is InChI=1S/C16H29NO2S/c1-2-17-15(14-5-3-4-10-20-14)13-6-8-19-16(11-13)7-9-18-12-16/h13-15,17H,2-12H2,1H3. The van der Waals surface area contributed by atoms with E-state index in [1.54, 1.807) is 0 Å². The summed E-state index contributed by atoms with van der Waals surface area (Å²) in [7, 11) is 0. The summed E-state index contributed by atoms with van der Waals surface area (Å²) in [5, 5.41) is 4.62. The Balaban J connectivity index is 1.66. The van der Waals surface area contributed by atoms with Crippen LogP contribution in [0.5, 0.6) is 0 Å². The number of hydrogen-bond donors (Lipinski definition) is 1. The molecule has 0 aromatic carbocycles. The third-order valence-corrected chi connectivity index (χ3v) is 6.64. The summed E-state index contributed by atoms with van der Waals surface area (Å²) in [6.45, 7) is 5.96. The molecule has 3 aliphatic rings. The fraction of sp³-hybridized carbons (Fsp3) is 1.00. The van der Waals surface area contributed by atoms with Crippen LogP contribution in [0.3, 0.4) is 0 Å². The highest BCUT2D eigenvalue weighted by molar-refractivity contribution is 8.00. The molecule has 20 heavy (non-hydrogen) atoms. The zero-order valence-electron chi connectivity index (χ0n) is 12.7. The van der Waals surface area contributed by atoms with Gasteiger partial charge in [0.2, 0.25) is 0 Å². The van der Waals surface area contributed by atoms with E-state index in [4.69, 9.17) is 9.47 Å². The summed E-state index contributed by atoms with van der Waals surface area (Å²) < 4.78 is 11.7. The van der Waals surface area contributed by atoms with Gasteiger partial charge < -0.3 is 14.8 Å². The van der Waals surface area contributed by atoms with Gasteiger partial charge in [-0.1, -0.05) is 13.3 Å². The van der Waals surface area contributed by atoms with Gasteiger partial charge in [0.25, 0.3) is 0 Å². The summed E-state index contributed by atoms with van der Waals surface area (Å²) in [5.41, 5.74) is 0.0515. The molecule has 4 unspecified atom stereocenters. The van der Waals surface area contributed by atoms with Crippen LogP contribution >= 0.6 is 11.8 Å². The molecule has 3 heterocycles. The maximum atomic E-state index is 6.11. The smallest absolute Gasteiger partial charge is 0.0939 e. The normalized spacial score (nSPS) is 40.0. The van der Waals surface area contributed by atoms with Crippen LogP contribution in [0.25, 0.3) is 0 Å². The number of rotatable bonds is 4. The van der Waals surface area contributed by atoms with Crippen molar-refractivity contribution in [1.29, 1.82) is 0 Å². The molecule has 116 valence electrons. The number of hydrogen-bond acceptors (Lipinski definition) is 4. The van der Waals surface area contributed by atoms with Crippen LogP contribution in [0.1, 0.15) is 45.4 Å². The predicted octanol–water partition coefficient (Wildman–Crippen LogP) is 2.84. The zero-order chi connectivity index (χ0) is 13.8. The highest BCUT2D eigenvalue weighted by Gasteiger charge is 2.44. The van der Waals surface area contributed by atoms with Crippen LogP contribution in [-0.2, 0) is 9.47 Å². The fourth-order valence-corrected chi connectivity index (χ4v) is 5.65. The van der Waals surface area contributed by atoms with Gasteiger partial charge in [-0.05, 0) is 43.9 Å². The minimum Gasteiger partial charge on any atom is -0.378 e. The third kappa shape index (κ3) is 3.34. The van der Waals surface area contributed by atoms with E-state index < -0.39 is 0 Å². The first-order valence-electron chi connectivity index (χ1n) is 8.40. The Kier molecular flexibility index (Phi) is 5.29. The Morgan fingerprint density at radius 2 is 2.25 bits per heavy atom. The van der Waals surface area contributed by atoms with Crippen molar-refractivity contribution in [2.45, 2.75) is 62.3 Å². The van der Waals surface area contributed by atoms with Gasteiger partial charge in [0.05, 0.1) is 12.2 Å². The van der Waals surface area contributed by atoms with Crippen molar-refractivity contribution < 1.29 is 9.47 Å². The van der Waals surface area contributed by atoms with Gasteiger partial charge in [-0.25, -0.2) is 0 Å². The fourth-order valence-electron chi connectivity index (χ4n) is 4.12. The lowest BCUT2D eigenvalue weighted by Gasteiger charge is -2.43. The Bertz CT molecular complexity index is 301. The monoisotopic (exact) mass is 299 g/mol. The zero-order valence-corrected chi connectivity index (χ0v) is 13.6. The average Bonchev–Trinajstić information content (AvgIpc) is 2.93. The van der Waals surface area contributed by atoms with E-state index in [0.29, 0.717) is 6.04 Å². The molecular weight excluding hydrogens is 270 g/mol. The molecule has 0 saturated carbocycles. The van der Waals surface area contributed by atoms with Crippen molar-refractivity contribution in [3.63, 3.8) is 0 Å². The number of thioether (sulfide) groups is 1. The maximum absolute atomic E-state index is 6.11. The summed E-state index contributed by atoms with van der Waals surface area (Å²) in [6.07, 6.45) is 7.73. The highest BCUT2D eigenvalue weighted by Crippen LogP contribution is 2.40. The van der Waals surface area contributed by atoms with Crippen LogP contribution in [0.2, 0.25) is 0 Å². The molecule has 3 fully saturated rings. The van der Waals surface area contributed by atoms with Gasteiger partial charge >= 0.3 is 0 Å². The molecule has 1 N–H and O–H groups in total. The Morgan fingerprint density at radius 1 is 1.30 bits per heavy atom. The van der Waals surface area contributed by atoms with Gasteiger partial charge in [-0.3, -0.25) is 0 Å². The van der Waals surface area contributed by atoms with E-state index in [2.05, 4.69) is 24.0 Å². The van der Waals surface area contributed by atoms with Crippen molar-refractivity contribution in [3.05, 3.63) is 0 Å². The Hall–Kier alpha value is 0.230. The second-order valence-electron chi connectivity index (χ2n) is 6.58. The van der Waals surface area contributed by atoms with Gasteiger partial charge in [0.1, 0.15) is 0 Å². The SMILES string of the molecule is CCNC(C1CCOC2(CCOC2)C1)C1CCCCS1. The molecule has 1 spiro atoms. The topological polar surface area (TPSA) is 30.5 Å². The van der Waals surface area contributed by atoms with Crippen molar-refractivity contribution in [1.82, 2.24) is 5.32 Å². The lowest BCUT2D eigenvalue weighted by Crippen LogP contribution is -2.51. The van der Waals surface area contributed by atoms with Crippen molar-refractivity contribution in [2.75, 3.05) is 32.1 Å². The van der Waals surface area contributed by atoms with E-state index in [1.807, 2.05) is 0 Å². The number of nitrogens with one attached hydrogen (secondary N) is 1. The molecule has 0 aromatic rings. The van der Waals surface area contributed by atoms with Crippen LogP contribution in [0.4, 0.5) is 0 Å². The molecule has 3 nitrogen and oxygen atoms in total. The van der Waals surface area contributed by atoms with Crippen molar-refractivity contribution in [3.8, 4) is 0 Å². The van der Waals surface area contributed by atoms with Gasteiger partial charge in [-0.2, -0.15) is 11.8 Å². The van der Waals surface area contributed by atoms with E-state index in [0.717, 1.165) is 44.0 Å². The van der Waals surface area contributed by atoms with Gasteiger partial charge in [0, 0.05) is 30.9 Å². The third-order valence-electron chi connectivity index (χ3n) is 5.16. The molecule has 0 aromatic heterocycles. The van der Waals surface area contributed by atoms with E-state index >= 15 is 0 Å². The Labute approximate surface area is 127 Å². The molecule has 3 saturated heterocycles. The lowest BCUT2D eigenvalue weighted by atomic mass is 9.79. The first-order valence-corrected chi connectivity index (χ1v) is 9.44. The quantitative estimate of drug-likeness (QED) is 0.865. The van der Waals surface area contributed by atoms with Gasteiger partial charge in [-0.15, -0.1) is 0 Å². The average molecular weight is 299 g/mol. The number of ether oxygens (including phenoxy) is 2. The van der Waals surface area contributed by atoms with Crippen molar-refractivity contribution >= 4 is 11.8 Å². The minimum atomic E-state index is 0.0515. The van der Waals surface area contributed by atoms with Gasteiger partial charge in [0.15, 0.2) is 0 Å². The molecule has 0 radical (unpaired) electrons. The second-order valence-corrected chi connectivity index (χ2v) is 7.92. The largest absolute Gasteiger partial charge is 0.378 e. The van der Waals surface area contributed by atoms with Crippen LogP contribution in [0, 0.1) is 5.92 Å². The molecule has 0 amide bonds. The van der Waals surface area contributed by atoms with E-state index in [-0.39, 0.29) is 5.60 Å². The molecule has 3 rings (SSSR count). The molecule has 4 heteroatoms. The first-order chi connectivity index (χ1) is 9.83. The summed E-state index contributed by atoms with van der Waals surface area (Å²) in [4.78, 5) is 0.